The Bertz CT molecular complexity index is 553. The van der Waals surface area contributed by atoms with Gasteiger partial charge >= 0.3 is 0 Å². The molecule has 88 valence electrons. The summed E-state index contributed by atoms with van der Waals surface area (Å²) in [6, 6.07) is 5.56. The van der Waals surface area contributed by atoms with Crippen molar-refractivity contribution in [1.82, 2.24) is 9.78 Å². The second-order valence-electron chi connectivity index (χ2n) is 3.31. The summed E-state index contributed by atoms with van der Waals surface area (Å²) in [6.45, 7) is 0. The van der Waals surface area contributed by atoms with E-state index >= 15 is 0 Å². The van der Waals surface area contributed by atoms with Crippen molar-refractivity contribution in [3.05, 3.63) is 42.5 Å². The standard InChI is InChI=1S/C10H10FN5O/c11-8-3-1-2-4-9(8)16(17)10(13)15-6-7(12)5-14-15/h1-6,13,17H,12H2. The largest absolute Gasteiger partial charge is 0.396 e. The molecule has 4 N–H and O–H groups in total. The van der Waals surface area contributed by atoms with Crippen molar-refractivity contribution in [1.29, 1.82) is 5.41 Å². The van der Waals surface area contributed by atoms with Gasteiger partial charge in [-0.2, -0.15) is 10.2 Å². The molecule has 0 spiro atoms. The van der Waals surface area contributed by atoms with Crippen molar-refractivity contribution >= 4 is 17.3 Å². The monoisotopic (exact) mass is 235 g/mol. The van der Waals surface area contributed by atoms with Gasteiger partial charge in [-0.3, -0.25) is 10.6 Å². The SMILES string of the molecule is N=C(N(O)c1ccccc1F)n1cc(N)cn1. The van der Waals surface area contributed by atoms with Crippen LogP contribution in [0.15, 0.2) is 36.7 Å². The lowest BCUT2D eigenvalue weighted by molar-refractivity contribution is 0.302. The smallest absolute Gasteiger partial charge is 0.248 e. The van der Waals surface area contributed by atoms with E-state index in [1.807, 2.05) is 0 Å². The molecule has 0 saturated heterocycles. The van der Waals surface area contributed by atoms with Crippen LogP contribution in [-0.4, -0.2) is 20.9 Å². The van der Waals surface area contributed by atoms with Crippen molar-refractivity contribution in [2.24, 2.45) is 0 Å². The summed E-state index contributed by atoms with van der Waals surface area (Å²) in [7, 11) is 0. The van der Waals surface area contributed by atoms with Crippen LogP contribution in [0.4, 0.5) is 15.8 Å². The molecule has 0 bridgehead atoms. The minimum atomic E-state index is -0.639. The van der Waals surface area contributed by atoms with E-state index in [0.717, 1.165) is 4.68 Å². The summed E-state index contributed by atoms with van der Waals surface area (Å²) in [5, 5.41) is 21.5. The number of nitrogens with zero attached hydrogens (tertiary/aromatic N) is 3. The molecule has 0 aliphatic heterocycles. The average Bonchev–Trinajstić information content (AvgIpc) is 2.75. The van der Waals surface area contributed by atoms with Gasteiger partial charge in [0.1, 0.15) is 11.5 Å². The number of nitrogens with one attached hydrogen (secondary N) is 1. The molecule has 1 aromatic heterocycles. The molecule has 1 aromatic carbocycles. The van der Waals surface area contributed by atoms with Crippen LogP contribution in [0.2, 0.25) is 0 Å². The lowest BCUT2D eigenvalue weighted by Crippen LogP contribution is -2.33. The maximum atomic E-state index is 13.4. The highest BCUT2D eigenvalue weighted by molar-refractivity contribution is 5.92. The van der Waals surface area contributed by atoms with Crippen molar-refractivity contribution in [3.8, 4) is 0 Å². The number of para-hydroxylation sites is 1. The summed E-state index contributed by atoms with van der Waals surface area (Å²) in [4.78, 5) is 0. The number of nitrogen functional groups attached to an aromatic ring is 1. The number of hydrogen-bond acceptors (Lipinski definition) is 4. The molecule has 0 radical (unpaired) electrons. The van der Waals surface area contributed by atoms with Crippen LogP contribution in [-0.2, 0) is 0 Å². The minimum absolute atomic E-state index is 0.133. The Morgan fingerprint density at radius 3 is 2.76 bits per heavy atom. The molecule has 1 heterocycles. The quantitative estimate of drug-likeness (QED) is 0.394. The first-order valence-corrected chi connectivity index (χ1v) is 4.72. The number of halogens is 1. The molecular weight excluding hydrogens is 225 g/mol. The van der Waals surface area contributed by atoms with E-state index in [2.05, 4.69) is 5.10 Å². The second-order valence-corrected chi connectivity index (χ2v) is 3.31. The molecule has 0 aliphatic carbocycles. The van der Waals surface area contributed by atoms with Crippen LogP contribution in [0.3, 0.4) is 0 Å². The van der Waals surface area contributed by atoms with Gasteiger partial charge in [-0.1, -0.05) is 12.1 Å². The molecule has 0 aliphatic rings. The van der Waals surface area contributed by atoms with E-state index < -0.39 is 11.8 Å². The van der Waals surface area contributed by atoms with Gasteiger partial charge in [-0.15, -0.1) is 0 Å². The Morgan fingerprint density at radius 1 is 1.47 bits per heavy atom. The highest BCUT2D eigenvalue weighted by Crippen LogP contribution is 2.17. The highest BCUT2D eigenvalue weighted by Gasteiger charge is 2.15. The first-order valence-electron chi connectivity index (χ1n) is 4.72. The number of benzene rings is 1. The zero-order valence-corrected chi connectivity index (χ0v) is 8.71. The zero-order valence-electron chi connectivity index (χ0n) is 8.71. The minimum Gasteiger partial charge on any atom is -0.396 e. The molecule has 17 heavy (non-hydrogen) atoms. The van der Waals surface area contributed by atoms with Gasteiger partial charge in [-0.25, -0.2) is 9.07 Å². The predicted molar refractivity (Wildman–Crippen MR) is 60.4 cm³/mol. The average molecular weight is 235 g/mol. The molecule has 0 fully saturated rings. The van der Waals surface area contributed by atoms with E-state index in [4.69, 9.17) is 11.1 Å². The van der Waals surface area contributed by atoms with Crippen LogP contribution in [0.5, 0.6) is 0 Å². The number of hydrogen-bond donors (Lipinski definition) is 3. The molecule has 6 nitrogen and oxygen atoms in total. The normalized spacial score (nSPS) is 10.2. The van der Waals surface area contributed by atoms with Crippen LogP contribution in [0, 0.1) is 11.2 Å². The number of hydroxylamine groups is 1. The van der Waals surface area contributed by atoms with Crippen molar-refractivity contribution in [3.63, 3.8) is 0 Å². The predicted octanol–water partition coefficient (Wildman–Crippen LogP) is 1.28. The van der Waals surface area contributed by atoms with E-state index in [-0.39, 0.29) is 5.69 Å². The number of anilines is 2. The van der Waals surface area contributed by atoms with Gasteiger partial charge in [0.2, 0.25) is 5.96 Å². The third-order valence-corrected chi connectivity index (χ3v) is 2.10. The fourth-order valence-electron chi connectivity index (χ4n) is 1.29. The van der Waals surface area contributed by atoms with Crippen LogP contribution in [0.1, 0.15) is 0 Å². The lowest BCUT2D eigenvalue weighted by Gasteiger charge is -2.17. The van der Waals surface area contributed by atoms with Gasteiger partial charge in [0.25, 0.3) is 0 Å². The molecule has 2 aromatic rings. The van der Waals surface area contributed by atoms with E-state index in [9.17, 15) is 9.60 Å². The van der Waals surface area contributed by atoms with E-state index in [1.54, 1.807) is 6.07 Å². The number of nitrogens with two attached hydrogens (primary N) is 1. The molecule has 2 rings (SSSR count). The lowest BCUT2D eigenvalue weighted by atomic mass is 10.3. The third-order valence-electron chi connectivity index (χ3n) is 2.10. The van der Waals surface area contributed by atoms with E-state index in [1.165, 1.54) is 30.6 Å². The second kappa shape index (κ2) is 4.22. The van der Waals surface area contributed by atoms with Gasteiger partial charge in [-0.05, 0) is 12.1 Å². The Morgan fingerprint density at radius 2 is 2.18 bits per heavy atom. The molecular formula is C10H10FN5O. The Labute approximate surface area is 96.2 Å². The van der Waals surface area contributed by atoms with Crippen molar-refractivity contribution < 1.29 is 9.60 Å². The molecule has 0 amide bonds. The summed E-state index contributed by atoms with van der Waals surface area (Å²) < 4.78 is 14.4. The molecule has 0 unspecified atom stereocenters. The van der Waals surface area contributed by atoms with Crippen LogP contribution in [0.25, 0.3) is 0 Å². The van der Waals surface area contributed by atoms with Gasteiger partial charge in [0, 0.05) is 0 Å². The summed E-state index contributed by atoms with van der Waals surface area (Å²) in [5.41, 5.74) is 5.64. The summed E-state index contributed by atoms with van der Waals surface area (Å²) in [6.07, 6.45) is 2.66. The maximum Gasteiger partial charge on any atom is 0.248 e. The van der Waals surface area contributed by atoms with Crippen LogP contribution >= 0.6 is 0 Å². The van der Waals surface area contributed by atoms with Crippen molar-refractivity contribution in [2.45, 2.75) is 0 Å². The zero-order chi connectivity index (χ0) is 12.4. The first-order chi connectivity index (χ1) is 8.09. The van der Waals surface area contributed by atoms with Gasteiger partial charge in [0.15, 0.2) is 0 Å². The maximum absolute atomic E-state index is 13.4. The highest BCUT2D eigenvalue weighted by atomic mass is 19.1. The molecule has 0 atom stereocenters. The summed E-state index contributed by atoms with van der Waals surface area (Å²) in [5.74, 6) is -1.06. The Balaban J connectivity index is 2.29. The van der Waals surface area contributed by atoms with Crippen LogP contribution < -0.4 is 10.8 Å². The number of aromatic nitrogens is 2. The Hall–Kier alpha value is -2.41. The first kappa shape index (κ1) is 11.1. The summed E-state index contributed by atoms with van der Waals surface area (Å²) >= 11 is 0. The number of rotatable bonds is 1. The third kappa shape index (κ3) is 2.08. The molecule has 0 saturated carbocycles. The fourth-order valence-corrected chi connectivity index (χ4v) is 1.29. The molecule has 7 heteroatoms. The topological polar surface area (TPSA) is 91.2 Å². The fraction of sp³-hybridized carbons (Fsp3) is 0. The van der Waals surface area contributed by atoms with Gasteiger partial charge in [0.05, 0.1) is 18.1 Å². The van der Waals surface area contributed by atoms with Gasteiger partial charge < -0.3 is 5.73 Å². The Kier molecular flexibility index (Phi) is 2.75. The van der Waals surface area contributed by atoms with E-state index in [0.29, 0.717) is 10.8 Å². The van der Waals surface area contributed by atoms with Crippen molar-refractivity contribution in [2.75, 3.05) is 10.8 Å².